The molecule has 0 aromatic heterocycles. The van der Waals surface area contributed by atoms with E-state index in [4.69, 9.17) is 5.26 Å². The summed E-state index contributed by atoms with van der Waals surface area (Å²) in [5.41, 5.74) is 0. The molecule has 0 aliphatic heterocycles. The molecule has 8 heavy (non-hydrogen) atoms. The van der Waals surface area contributed by atoms with Crippen LogP contribution in [0.5, 0.6) is 0 Å². The van der Waals surface area contributed by atoms with Crippen LogP contribution >= 0.6 is 0 Å². The number of hydrogen-bond acceptors (Lipinski definition) is 3. The Morgan fingerprint density at radius 1 is 1.88 bits per heavy atom. The summed E-state index contributed by atoms with van der Waals surface area (Å²) >= 11 is 0. The van der Waals surface area contributed by atoms with E-state index in [1.807, 2.05) is 0 Å². The molecule has 0 aromatic rings. The molecule has 0 aliphatic rings. The van der Waals surface area contributed by atoms with Crippen molar-refractivity contribution < 1.29 is 9.53 Å². The Bertz CT molecular complexity index is 114. The largest absolute Gasteiger partial charge is 0.384 e. The molecule has 0 fully saturated rings. The number of ether oxygens (including phenoxy) is 1. The first kappa shape index (κ1) is 7.12. The van der Waals surface area contributed by atoms with Crippen LogP contribution in [0.3, 0.4) is 0 Å². The topological polar surface area (TPSA) is 50.1 Å². The maximum atomic E-state index is 10.1. The third kappa shape index (κ3) is 3.32. The SMILES string of the molecule is COCCC(=O)C#N. The third-order valence-electron chi connectivity index (χ3n) is 0.658. The summed E-state index contributed by atoms with van der Waals surface area (Å²) < 4.78 is 4.54. The molecule has 0 heterocycles. The van der Waals surface area contributed by atoms with Crippen LogP contribution in [0.15, 0.2) is 0 Å². The van der Waals surface area contributed by atoms with Crippen LogP contribution in [0.2, 0.25) is 0 Å². The molecule has 3 heteroatoms. The fraction of sp³-hybridized carbons (Fsp3) is 0.600. The number of carbonyl (C=O) groups is 1. The van der Waals surface area contributed by atoms with Crippen LogP contribution in [0, 0.1) is 11.3 Å². The van der Waals surface area contributed by atoms with Crippen LogP contribution in [0.4, 0.5) is 0 Å². The smallest absolute Gasteiger partial charge is 0.234 e. The molecule has 0 amide bonds. The van der Waals surface area contributed by atoms with Crippen LogP contribution in [0.1, 0.15) is 6.42 Å². The van der Waals surface area contributed by atoms with Gasteiger partial charge in [0.1, 0.15) is 6.07 Å². The molecule has 44 valence electrons. The zero-order chi connectivity index (χ0) is 6.41. The minimum absolute atomic E-state index is 0.201. The zero-order valence-corrected chi connectivity index (χ0v) is 4.68. The van der Waals surface area contributed by atoms with Crippen molar-refractivity contribution in [2.45, 2.75) is 6.42 Å². The molecule has 0 radical (unpaired) electrons. The van der Waals surface area contributed by atoms with E-state index in [0.717, 1.165) is 0 Å². The Kier molecular flexibility index (Phi) is 3.81. The molecular formula is C5H7NO2. The highest BCUT2D eigenvalue weighted by atomic mass is 16.5. The number of nitriles is 1. The summed E-state index contributed by atoms with van der Waals surface area (Å²) in [7, 11) is 1.49. The molecule has 3 nitrogen and oxygen atoms in total. The van der Waals surface area contributed by atoms with Gasteiger partial charge in [-0.15, -0.1) is 0 Å². The number of Topliss-reactive ketones (excluding diaryl/α,β-unsaturated/α-hetero) is 1. The van der Waals surface area contributed by atoms with E-state index in [1.54, 1.807) is 0 Å². The van der Waals surface area contributed by atoms with Crippen molar-refractivity contribution in [3.63, 3.8) is 0 Å². The lowest BCUT2D eigenvalue weighted by molar-refractivity contribution is -0.114. The van der Waals surface area contributed by atoms with Gasteiger partial charge in [0.2, 0.25) is 5.78 Å². The first-order valence-corrected chi connectivity index (χ1v) is 2.23. The second kappa shape index (κ2) is 4.28. The summed E-state index contributed by atoms with van der Waals surface area (Å²) in [4.78, 5) is 10.1. The van der Waals surface area contributed by atoms with E-state index in [2.05, 4.69) is 4.74 Å². The standard InChI is InChI=1S/C5H7NO2/c1-8-3-2-5(7)4-6/h2-3H2,1H3. The first-order valence-electron chi connectivity index (χ1n) is 2.23. The quantitative estimate of drug-likeness (QED) is 0.488. The van der Waals surface area contributed by atoms with E-state index in [0.29, 0.717) is 6.61 Å². The summed E-state index contributed by atoms with van der Waals surface area (Å²) in [5.74, 6) is -0.424. The minimum atomic E-state index is -0.424. The van der Waals surface area contributed by atoms with E-state index in [-0.39, 0.29) is 6.42 Å². The van der Waals surface area contributed by atoms with Crippen molar-refractivity contribution >= 4 is 5.78 Å². The van der Waals surface area contributed by atoms with Crippen LogP contribution < -0.4 is 0 Å². The lowest BCUT2D eigenvalue weighted by atomic mass is 10.3. The second-order valence-electron chi connectivity index (χ2n) is 1.28. The molecule has 0 saturated heterocycles. The van der Waals surface area contributed by atoms with Crippen molar-refractivity contribution in [2.75, 3.05) is 13.7 Å². The van der Waals surface area contributed by atoms with Gasteiger partial charge in [0, 0.05) is 13.5 Å². The lowest BCUT2D eigenvalue weighted by Crippen LogP contribution is -1.98. The van der Waals surface area contributed by atoms with E-state index < -0.39 is 5.78 Å². The molecule has 0 unspecified atom stereocenters. The predicted molar refractivity (Wildman–Crippen MR) is 27.1 cm³/mol. The number of ketones is 1. The Morgan fingerprint density at radius 3 is 2.88 bits per heavy atom. The normalized spacial score (nSPS) is 8.00. The number of carbonyl (C=O) groups excluding carboxylic acids is 1. The summed E-state index contributed by atoms with van der Waals surface area (Å²) in [5, 5.41) is 7.91. The molecule has 0 aromatic carbocycles. The fourth-order valence-electron chi connectivity index (χ4n) is 0.251. The maximum absolute atomic E-state index is 10.1. The highest BCUT2D eigenvalue weighted by Gasteiger charge is 1.94. The molecule has 0 atom stereocenters. The van der Waals surface area contributed by atoms with Gasteiger partial charge < -0.3 is 4.74 Å². The molecule has 0 rings (SSSR count). The number of hydrogen-bond donors (Lipinski definition) is 0. The Hall–Kier alpha value is -0.880. The van der Waals surface area contributed by atoms with Crippen molar-refractivity contribution in [2.24, 2.45) is 0 Å². The second-order valence-corrected chi connectivity index (χ2v) is 1.28. The molecule has 0 spiro atoms. The summed E-state index contributed by atoms with van der Waals surface area (Å²) in [6.07, 6.45) is 0.201. The summed E-state index contributed by atoms with van der Waals surface area (Å²) in [6.45, 7) is 0.340. The molecule has 0 N–H and O–H groups in total. The van der Waals surface area contributed by atoms with E-state index >= 15 is 0 Å². The third-order valence-corrected chi connectivity index (χ3v) is 0.658. The number of nitrogens with zero attached hydrogens (tertiary/aromatic N) is 1. The Morgan fingerprint density at radius 2 is 2.50 bits per heavy atom. The Balaban J connectivity index is 3.16. The van der Waals surface area contributed by atoms with Crippen LogP contribution in [-0.2, 0) is 9.53 Å². The van der Waals surface area contributed by atoms with Gasteiger partial charge in [-0.1, -0.05) is 0 Å². The van der Waals surface area contributed by atoms with Gasteiger partial charge in [-0.05, 0) is 0 Å². The van der Waals surface area contributed by atoms with E-state index in [9.17, 15) is 4.79 Å². The van der Waals surface area contributed by atoms with Gasteiger partial charge >= 0.3 is 0 Å². The van der Waals surface area contributed by atoms with Gasteiger partial charge in [0.05, 0.1) is 6.61 Å². The monoisotopic (exact) mass is 113 g/mol. The van der Waals surface area contributed by atoms with Crippen LogP contribution in [0.25, 0.3) is 0 Å². The van der Waals surface area contributed by atoms with Crippen molar-refractivity contribution in [1.82, 2.24) is 0 Å². The van der Waals surface area contributed by atoms with Gasteiger partial charge in [0.25, 0.3) is 0 Å². The molecule has 0 aliphatic carbocycles. The maximum Gasteiger partial charge on any atom is 0.234 e. The predicted octanol–water partition coefficient (Wildman–Crippen LogP) is 0.116. The highest BCUT2D eigenvalue weighted by Crippen LogP contribution is 1.79. The van der Waals surface area contributed by atoms with Gasteiger partial charge in [-0.3, -0.25) is 4.79 Å². The molecular weight excluding hydrogens is 106 g/mol. The average Bonchev–Trinajstić information content (AvgIpc) is 1.83. The van der Waals surface area contributed by atoms with Gasteiger partial charge in [-0.25, -0.2) is 0 Å². The van der Waals surface area contributed by atoms with Gasteiger partial charge in [-0.2, -0.15) is 5.26 Å². The average molecular weight is 113 g/mol. The highest BCUT2D eigenvalue weighted by molar-refractivity contribution is 5.93. The molecule has 0 bridgehead atoms. The van der Waals surface area contributed by atoms with Crippen molar-refractivity contribution in [1.29, 1.82) is 5.26 Å². The van der Waals surface area contributed by atoms with Crippen LogP contribution in [-0.4, -0.2) is 19.5 Å². The van der Waals surface area contributed by atoms with Crippen molar-refractivity contribution in [3.05, 3.63) is 0 Å². The zero-order valence-electron chi connectivity index (χ0n) is 4.68. The van der Waals surface area contributed by atoms with E-state index in [1.165, 1.54) is 13.2 Å². The minimum Gasteiger partial charge on any atom is -0.384 e. The summed E-state index contributed by atoms with van der Waals surface area (Å²) in [6, 6.07) is 1.48. The fourth-order valence-corrected chi connectivity index (χ4v) is 0.251. The Labute approximate surface area is 47.9 Å². The van der Waals surface area contributed by atoms with Gasteiger partial charge in [0.15, 0.2) is 0 Å². The lowest BCUT2D eigenvalue weighted by Gasteiger charge is -1.87. The first-order chi connectivity index (χ1) is 3.81. The molecule has 0 saturated carbocycles. The number of rotatable bonds is 3. The number of methoxy groups -OCH3 is 1. The van der Waals surface area contributed by atoms with Crippen molar-refractivity contribution in [3.8, 4) is 6.07 Å².